The molecular formula is C11H14BrClO2. The Morgan fingerprint density at radius 1 is 1.40 bits per heavy atom. The topological polar surface area (TPSA) is 40.5 Å². The average Bonchev–Trinajstić information content (AvgIpc) is 2.21. The molecule has 0 saturated heterocycles. The first-order valence-corrected chi connectivity index (χ1v) is 6.24. The van der Waals surface area contributed by atoms with Crippen LogP contribution in [0, 0.1) is 6.92 Å². The lowest BCUT2D eigenvalue weighted by atomic mass is 10.0. The second-order valence-electron chi connectivity index (χ2n) is 3.50. The Labute approximate surface area is 103 Å². The number of hydrogen-bond donors (Lipinski definition) is 2. The number of hydrogen-bond acceptors (Lipinski definition) is 2. The summed E-state index contributed by atoms with van der Waals surface area (Å²) in [5, 5.41) is 20.8. The van der Waals surface area contributed by atoms with Crippen molar-refractivity contribution in [3.8, 4) is 0 Å². The summed E-state index contributed by atoms with van der Waals surface area (Å²) >= 11 is 9.10. The largest absolute Gasteiger partial charge is 0.390 e. The fourth-order valence-corrected chi connectivity index (χ4v) is 1.93. The Bertz CT molecular complexity index is 330. The van der Waals surface area contributed by atoms with Crippen LogP contribution in [0.15, 0.2) is 18.2 Å². The summed E-state index contributed by atoms with van der Waals surface area (Å²) in [6.45, 7) is 1.87. The predicted molar refractivity (Wildman–Crippen MR) is 65.6 cm³/mol. The molecule has 1 aromatic rings. The van der Waals surface area contributed by atoms with E-state index in [-0.39, 0.29) is 0 Å². The van der Waals surface area contributed by atoms with Crippen LogP contribution >= 0.6 is 27.5 Å². The first-order valence-electron chi connectivity index (χ1n) is 4.74. The van der Waals surface area contributed by atoms with Crippen molar-refractivity contribution in [3.63, 3.8) is 0 Å². The minimum absolute atomic E-state index is 0.517. The standard InChI is InChI=1S/C11H14BrClO2/c1-7-6-8(2-3-9(7)13)11(15)10(14)4-5-12/h2-3,6,10-11,14-15H,4-5H2,1H3. The smallest absolute Gasteiger partial charge is 0.105 e. The van der Waals surface area contributed by atoms with Gasteiger partial charge >= 0.3 is 0 Å². The number of alkyl halides is 1. The minimum atomic E-state index is -0.849. The van der Waals surface area contributed by atoms with Crippen molar-refractivity contribution in [2.75, 3.05) is 5.33 Å². The molecule has 0 aliphatic rings. The molecule has 0 fully saturated rings. The van der Waals surface area contributed by atoms with Gasteiger partial charge in [-0.3, -0.25) is 0 Å². The molecule has 0 aliphatic heterocycles. The van der Waals surface area contributed by atoms with Crippen molar-refractivity contribution in [1.82, 2.24) is 0 Å². The number of rotatable bonds is 4. The molecule has 0 aliphatic carbocycles. The van der Waals surface area contributed by atoms with Crippen LogP contribution in [0.5, 0.6) is 0 Å². The Morgan fingerprint density at radius 3 is 2.60 bits per heavy atom. The fraction of sp³-hybridized carbons (Fsp3) is 0.455. The molecule has 0 radical (unpaired) electrons. The highest BCUT2D eigenvalue weighted by Gasteiger charge is 2.17. The van der Waals surface area contributed by atoms with Crippen LogP contribution < -0.4 is 0 Å². The van der Waals surface area contributed by atoms with E-state index >= 15 is 0 Å². The fourth-order valence-electron chi connectivity index (χ4n) is 1.34. The maximum Gasteiger partial charge on any atom is 0.105 e. The van der Waals surface area contributed by atoms with Crippen LogP contribution in [0.2, 0.25) is 5.02 Å². The predicted octanol–water partition coefficient (Wildman–Crippen LogP) is 2.83. The van der Waals surface area contributed by atoms with Gasteiger partial charge in [0.1, 0.15) is 6.10 Å². The minimum Gasteiger partial charge on any atom is -0.390 e. The monoisotopic (exact) mass is 292 g/mol. The summed E-state index contributed by atoms with van der Waals surface area (Å²) in [6, 6.07) is 5.26. The van der Waals surface area contributed by atoms with Gasteiger partial charge < -0.3 is 10.2 Å². The van der Waals surface area contributed by atoms with E-state index in [4.69, 9.17) is 11.6 Å². The van der Waals surface area contributed by atoms with Gasteiger partial charge in [0, 0.05) is 10.4 Å². The van der Waals surface area contributed by atoms with Gasteiger partial charge in [-0.2, -0.15) is 0 Å². The lowest BCUT2D eigenvalue weighted by molar-refractivity contribution is 0.0173. The third kappa shape index (κ3) is 3.45. The highest BCUT2D eigenvalue weighted by molar-refractivity contribution is 9.09. The number of benzene rings is 1. The summed E-state index contributed by atoms with van der Waals surface area (Å²) in [5.41, 5.74) is 1.60. The van der Waals surface area contributed by atoms with Crippen molar-refractivity contribution in [1.29, 1.82) is 0 Å². The molecular weight excluding hydrogens is 279 g/mol. The maximum absolute atomic E-state index is 9.82. The van der Waals surface area contributed by atoms with Gasteiger partial charge in [0.25, 0.3) is 0 Å². The Kier molecular flexibility index (Phi) is 5.06. The van der Waals surface area contributed by atoms with Crippen LogP contribution in [-0.2, 0) is 0 Å². The lowest BCUT2D eigenvalue weighted by Gasteiger charge is -2.17. The van der Waals surface area contributed by atoms with Crippen molar-refractivity contribution < 1.29 is 10.2 Å². The first-order chi connectivity index (χ1) is 7.06. The molecule has 0 amide bonds. The van der Waals surface area contributed by atoms with Crippen LogP contribution in [-0.4, -0.2) is 21.6 Å². The molecule has 1 rings (SSSR count). The van der Waals surface area contributed by atoms with Gasteiger partial charge in [-0.25, -0.2) is 0 Å². The van der Waals surface area contributed by atoms with Crippen LogP contribution in [0.25, 0.3) is 0 Å². The van der Waals surface area contributed by atoms with E-state index in [1.165, 1.54) is 0 Å². The van der Waals surface area contributed by atoms with E-state index in [1.807, 2.05) is 6.92 Å². The van der Waals surface area contributed by atoms with Crippen LogP contribution in [0.3, 0.4) is 0 Å². The van der Waals surface area contributed by atoms with E-state index in [9.17, 15) is 10.2 Å². The average molecular weight is 294 g/mol. The van der Waals surface area contributed by atoms with Gasteiger partial charge in [0.2, 0.25) is 0 Å². The SMILES string of the molecule is Cc1cc(C(O)C(O)CCBr)ccc1Cl. The second-order valence-corrected chi connectivity index (χ2v) is 4.70. The van der Waals surface area contributed by atoms with Gasteiger partial charge in [0.05, 0.1) is 6.10 Å². The van der Waals surface area contributed by atoms with E-state index in [0.29, 0.717) is 22.3 Å². The number of aliphatic hydroxyl groups is 2. The van der Waals surface area contributed by atoms with E-state index in [1.54, 1.807) is 18.2 Å². The molecule has 2 unspecified atom stereocenters. The maximum atomic E-state index is 9.82. The molecule has 4 heteroatoms. The van der Waals surface area contributed by atoms with E-state index < -0.39 is 12.2 Å². The molecule has 2 atom stereocenters. The highest BCUT2D eigenvalue weighted by Crippen LogP contribution is 2.24. The summed E-state index contributed by atoms with van der Waals surface area (Å²) < 4.78 is 0. The van der Waals surface area contributed by atoms with Gasteiger partial charge in [-0.1, -0.05) is 39.7 Å². The Balaban J connectivity index is 2.81. The van der Waals surface area contributed by atoms with Gasteiger partial charge in [-0.05, 0) is 30.5 Å². The molecule has 2 nitrogen and oxygen atoms in total. The number of aliphatic hydroxyl groups excluding tert-OH is 2. The molecule has 0 bridgehead atoms. The third-order valence-corrected chi connectivity index (χ3v) is 3.17. The van der Waals surface area contributed by atoms with Crippen LogP contribution in [0.1, 0.15) is 23.7 Å². The summed E-state index contributed by atoms with van der Waals surface area (Å²) in [5.74, 6) is 0. The molecule has 84 valence electrons. The normalized spacial score (nSPS) is 15.0. The molecule has 0 saturated carbocycles. The zero-order valence-corrected chi connectivity index (χ0v) is 10.8. The molecule has 0 heterocycles. The molecule has 2 N–H and O–H groups in total. The molecule has 0 spiro atoms. The van der Waals surface area contributed by atoms with Gasteiger partial charge in [0.15, 0.2) is 0 Å². The Hall–Kier alpha value is -0.0900. The molecule has 15 heavy (non-hydrogen) atoms. The summed E-state index contributed by atoms with van der Waals surface area (Å²) in [7, 11) is 0. The van der Waals surface area contributed by atoms with Crippen LogP contribution in [0.4, 0.5) is 0 Å². The molecule has 1 aromatic carbocycles. The first kappa shape index (κ1) is 13.0. The summed E-state index contributed by atoms with van der Waals surface area (Å²) in [6.07, 6.45) is -1.08. The third-order valence-electron chi connectivity index (χ3n) is 2.29. The van der Waals surface area contributed by atoms with E-state index in [0.717, 1.165) is 5.56 Å². The summed E-state index contributed by atoms with van der Waals surface area (Å²) in [4.78, 5) is 0. The second kappa shape index (κ2) is 5.85. The zero-order valence-electron chi connectivity index (χ0n) is 8.45. The van der Waals surface area contributed by atoms with Crippen molar-refractivity contribution in [2.24, 2.45) is 0 Å². The van der Waals surface area contributed by atoms with Crippen molar-refractivity contribution in [3.05, 3.63) is 34.3 Å². The number of aryl methyl sites for hydroxylation is 1. The quantitative estimate of drug-likeness (QED) is 0.838. The van der Waals surface area contributed by atoms with Crippen molar-refractivity contribution >= 4 is 27.5 Å². The lowest BCUT2D eigenvalue weighted by Crippen LogP contribution is -2.18. The highest BCUT2D eigenvalue weighted by atomic mass is 79.9. The zero-order chi connectivity index (χ0) is 11.4. The number of halogens is 2. The van der Waals surface area contributed by atoms with Crippen molar-refractivity contribution in [2.45, 2.75) is 25.6 Å². The van der Waals surface area contributed by atoms with E-state index in [2.05, 4.69) is 15.9 Å². The Morgan fingerprint density at radius 2 is 2.07 bits per heavy atom. The molecule has 0 aromatic heterocycles. The van der Waals surface area contributed by atoms with Gasteiger partial charge in [-0.15, -0.1) is 0 Å².